The second kappa shape index (κ2) is 10.1. The molecule has 2 heterocycles. The minimum atomic E-state index is 0.333. The number of piperidine rings is 2. The van der Waals surface area contributed by atoms with Crippen LogP contribution < -0.4 is 0 Å². The van der Waals surface area contributed by atoms with Gasteiger partial charge in [0.05, 0.1) is 12.2 Å². The van der Waals surface area contributed by atoms with E-state index in [1.165, 1.54) is 5.56 Å². The summed E-state index contributed by atoms with van der Waals surface area (Å²) in [5.41, 5.74) is 1.40. The molecule has 0 unspecified atom stereocenters. The SMILES string of the molecule is CCCCC(=O)N1CCC(OC2CCN(Cc3ccccc3)CC2)CC1. The lowest BCUT2D eigenvalue weighted by Gasteiger charge is -2.37. The van der Waals surface area contributed by atoms with Crippen molar-refractivity contribution in [3.8, 4) is 0 Å². The molecule has 2 aliphatic heterocycles. The summed E-state index contributed by atoms with van der Waals surface area (Å²) < 4.78 is 6.38. The highest BCUT2D eigenvalue weighted by molar-refractivity contribution is 5.76. The highest BCUT2D eigenvalue weighted by atomic mass is 16.5. The molecule has 26 heavy (non-hydrogen) atoms. The van der Waals surface area contributed by atoms with Crippen molar-refractivity contribution in [3.05, 3.63) is 35.9 Å². The van der Waals surface area contributed by atoms with Gasteiger partial charge < -0.3 is 9.64 Å². The number of amides is 1. The van der Waals surface area contributed by atoms with Crippen molar-refractivity contribution in [2.75, 3.05) is 26.2 Å². The molecule has 0 aliphatic carbocycles. The Morgan fingerprint density at radius 1 is 1.00 bits per heavy atom. The Morgan fingerprint density at radius 3 is 2.23 bits per heavy atom. The maximum absolute atomic E-state index is 12.1. The van der Waals surface area contributed by atoms with Crippen LogP contribution in [0.1, 0.15) is 57.4 Å². The predicted octanol–water partition coefficient (Wildman–Crippen LogP) is 3.85. The summed E-state index contributed by atoms with van der Waals surface area (Å²) in [6, 6.07) is 10.7. The Kier molecular flexibility index (Phi) is 7.51. The van der Waals surface area contributed by atoms with Crippen LogP contribution in [0.3, 0.4) is 0 Å². The monoisotopic (exact) mass is 358 g/mol. The van der Waals surface area contributed by atoms with Gasteiger partial charge in [-0.25, -0.2) is 0 Å². The van der Waals surface area contributed by atoms with Crippen molar-refractivity contribution in [1.82, 2.24) is 9.80 Å². The minimum absolute atomic E-state index is 0.333. The van der Waals surface area contributed by atoms with E-state index in [0.717, 1.165) is 71.2 Å². The molecule has 1 aromatic rings. The fraction of sp³-hybridized carbons (Fsp3) is 0.682. The van der Waals surface area contributed by atoms with E-state index in [0.29, 0.717) is 24.5 Å². The normalized spacial score (nSPS) is 20.4. The third-order valence-corrected chi connectivity index (χ3v) is 5.71. The summed E-state index contributed by atoms with van der Waals surface area (Å²) in [7, 11) is 0. The van der Waals surface area contributed by atoms with E-state index in [1.54, 1.807) is 0 Å². The Hall–Kier alpha value is -1.39. The van der Waals surface area contributed by atoms with Gasteiger partial charge >= 0.3 is 0 Å². The van der Waals surface area contributed by atoms with Crippen LogP contribution in [0.4, 0.5) is 0 Å². The van der Waals surface area contributed by atoms with Gasteiger partial charge in [0.25, 0.3) is 0 Å². The lowest BCUT2D eigenvalue weighted by Crippen LogP contribution is -2.43. The number of nitrogens with zero attached hydrogens (tertiary/aromatic N) is 2. The van der Waals surface area contributed by atoms with Crippen molar-refractivity contribution in [2.45, 2.75) is 70.6 Å². The first-order valence-electron chi connectivity index (χ1n) is 10.4. The van der Waals surface area contributed by atoms with Gasteiger partial charge in [-0.05, 0) is 37.7 Å². The average molecular weight is 359 g/mol. The summed E-state index contributed by atoms with van der Waals surface area (Å²) in [4.78, 5) is 16.7. The van der Waals surface area contributed by atoms with Crippen LogP contribution in [-0.4, -0.2) is 54.1 Å². The van der Waals surface area contributed by atoms with Crippen LogP contribution in [0.15, 0.2) is 30.3 Å². The molecule has 0 spiro atoms. The molecule has 1 amide bonds. The first-order valence-corrected chi connectivity index (χ1v) is 10.4. The molecule has 0 atom stereocenters. The summed E-state index contributed by atoms with van der Waals surface area (Å²) in [6.07, 6.45) is 7.81. The number of hydrogen-bond donors (Lipinski definition) is 0. The number of carbonyl (C=O) groups excluding carboxylic acids is 1. The van der Waals surface area contributed by atoms with Crippen LogP contribution in [-0.2, 0) is 16.1 Å². The first-order chi connectivity index (χ1) is 12.7. The minimum Gasteiger partial charge on any atom is -0.375 e. The highest BCUT2D eigenvalue weighted by Crippen LogP contribution is 2.22. The quantitative estimate of drug-likeness (QED) is 0.742. The van der Waals surface area contributed by atoms with Gasteiger partial charge in [-0.15, -0.1) is 0 Å². The fourth-order valence-electron chi connectivity index (χ4n) is 4.04. The Labute approximate surface area is 158 Å². The molecule has 1 aromatic carbocycles. The van der Waals surface area contributed by atoms with E-state index in [-0.39, 0.29) is 0 Å². The Morgan fingerprint density at radius 2 is 1.62 bits per heavy atom. The number of hydrogen-bond acceptors (Lipinski definition) is 3. The smallest absolute Gasteiger partial charge is 0.222 e. The maximum atomic E-state index is 12.1. The van der Waals surface area contributed by atoms with E-state index in [1.807, 2.05) is 4.90 Å². The average Bonchev–Trinajstić information content (AvgIpc) is 2.69. The molecule has 0 aromatic heterocycles. The lowest BCUT2D eigenvalue weighted by atomic mass is 10.0. The molecule has 2 saturated heterocycles. The molecule has 4 heteroatoms. The number of unbranched alkanes of at least 4 members (excludes halogenated alkanes) is 1. The van der Waals surface area contributed by atoms with Crippen molar-refractivity contribution in [2.24, 2.45) is 0 Å². The standard InChI is InChI=1S/C22H34N2O2/c1-2-3-9-22(25)24-16-12-21(13-17-24)26-20-10-14-23(15-11-20)18-19-7-5-4-6-8-19/h4-8,20-21H,2-3,9-18H2,1H3. The molecule has 4 nitrogen and oxygen atoms in total. The zero-order valence-corrected chi connectivity index (χ0v) is 16.2. The van der Waals surface area contributed by atoms with E-state index in [2.05, 4.69) is 42.2 Å². The van der Waals surface area contributed by atoms with Crippen molar-refractivity contribution >= 4 is 5.91 Å². The summed E-state index contributed by atoms with van der Waals surface area (Å²) in [5.74, 6) is 0.333. The molecule has 0 saturated carbocycles. The van der Waals surface area contributed by atoms with Gasteiger partial charge in [0, 0.05) is 39.1 Å². The lowest BCUT2D eigenvalue weighted by molar-refractivity contribution is -0.135. The number of ether oxygens (including phenoxy) is 1. The van der Waals surface area contributed by atoms with Gasteiger partial charge in [0.1, 0.15) is 0 Å². The number of carbonyl (C=O) groups is 1. The topological polar surface area (TPSA) is 32.8 Å². The largest absolute Gasteiger partial charge is 0.375 e. The van der Waals surface area contributed by atoms with Crippen molar-refractivity contribution in [1.29, 1.82) is 0 Å². The number of benzene rings is 1. The molecule has 0 radical (unpaired) electrons. The van der Waals surface area contributed by atoms with E-state index < -0.39 is 0 Å². The summed E-state index contributed by atoms with van der Waals surface area (Å²) >= 11 is 0. The second-order valence-corrected chi connectivity index (χ2v) is 7.78. The van der Waals surface area contributed by atoms with E-state index in [4.69, 9.17) is 4.74 Å². The second-order valence-electron chi connectivity index (χ2n) is 7.78. The molecule has 0 bridgehead atoms. The van der Waals surface area contributed by atoms with Crippen molar-refractivity contribution < 1.29 is 9.53 Å². The van der Waals surface area contributed by atoms with Crippen LogP contribution >= 0.6 is 0 Å². The molecule has 3 rings (SSSR count). The van der Waals surface area contributed by atoms with Crippen LogP contribution in [0, 0.1) is 0 Å². The first kappa shape index (κ1) is 19.4. The molecule has 144 valence electrons. The Bertz CT molecular complexity index is 532. The van der Waals surface area contributed by atoms with Gasteiger partial charge in [-0.1, -0.05) is 43.7 Å². The molecule has 2 aliphatic rings. The number of likely N-dealkylation sites (tertiary alicyclic amines) is 2. The molecular weight excluding hydrogens is 324 g/mol. The fourth-order valence-corrected chi connectivity index (χ4v) is 4.04. The van der Waals surface area contributed by atoms with Crippen LogP contribution in [0.2, 0.25) is 0 Å². The third kappa shape index (κ3) is 5.82. The van der Waals surface area contributed by atoms with Gasteiger partial charge in [0.2, 0.25) is 5.91 Å². The third-order valence-electron chi connectivity index (χ3n) is 5.71. The predicted molar refractivity (Wildman–Crippen MR) is 105 cm³/mol. The van der Waals surface area contributed by atoms with Gasteiger partial charge in [0.15, 0.2) is 0 Å². The maximum Gasteiger partial charge on any atom is 0.222 e. The Balaban J connectivity index is 1.33. The van der Waals surface area contributed by atoms with Crippen LogP contribution in [0.5, 0.6) is 0 Å². The zero-order chi connectivity index (χ0) is 18.2. The zero-order valence-electron chi connectivity index (χ0n) is 16.2. The van der Waals surface area contributed by atoms with Crippen molar-refractivity contribution in [3.63, 3.8) is 0 Å². The van der Waals surface area contributed by atoms with E-state index >= 15 is 0 Å². The highest BCUT2D eigenvalue weighted by Gasteiger charge is 2.27. The summed E-state index contributed by atoms with van der Waals surface area (Å²) in [6.45, 7) is 7.17. The molecule has 2 fully saturated rings. The molecular formula is C22H34N2O2. The number of rotatable bonds is 7. The molecule has 0 N–H and O–H groups in total. The summed E-state index contributed by atoms with van der Waals surface area (Å²) in [5, 5.41) is 0. The van der Waals surface area contributed by atoms with Crippen LogP contribution in [0.25, 0.3) is 0 Å². The van der Waals surface area contributed by atoms with E-state index in [9.17, 15) is 4.79 Å². The van der Waals surface area contributed by atoms with Gasteiger partial charge in [-0.2, -0.15) is 0 Å². The van der Waals surface area contributed by atoms with Gasteiger partial charge in [-0.3, -0.25) is 9.69 Å².